The predicted octanol–water partition coefficient (Wildman–Crippen LogP) is 1.73. The number of hydrogen-bond donors (Lipinski definition) is 2. The van der Waals surface area contributed by atoms with Crippen molar-refractivity contribution >= 4 is 11.8 Å². The van der Waals surface area contributed by atoms with Crippen LogP contribution < -0.4 is 10.6 Å². The molecule has 1 aliphatic rings. The van der Waals surface area contributed by atoms with Crippen molar-refractivity contribution in [2.75, 3.05) is 26.2 Å². The van der Waals surface area contributed by atoms with Gasteiger partial charge in [-0.1, -0.05) is 36.4 Å². The number of hydrogen-bond acceptors (Lipinski definition) is 3. The monoisotopic (exact) mass is 355 g/mol. The Kier molecular flexibility index (Phi) is 5.96. The van der Waals surface area contributed by atoms with Gasteiger partial charge in [0.25, 0.3) is 5.91 Å². The summed E-state index contributed by atoms with van der Waals surface area (Å²) < 4.78 is 13.5. The lowest BCUT2D eigenvalue weighted by Crippen LogP contribution is -2.41. The summed E-state index contributed by atoms with van der Waals surface area (Å²) in [6.07, 6.45) is 1.02. The van der Waals surface area contributed by atoms with Crippen LogP contribution >= 0.6 is 0 Å². The summed E-state index contributed by atoms with van der Waals surface area (Å²) >= 11 is 0. The third-order valence-electron chi connectivity index (χ3n) is 4.49. The van der Waals surface area contributed by atoms with Gasteiger partial charge < -0.3 is 10.6 Å². The van der Waals surface area contributed by atoms with Crippen molar-refractivity contribution in [1.82, 2.24) is 15.5 Å². The minimum Gasteiger partial charge on any atom is -0.353 e. The Balaban J connectivity index is 1.37. The predicted molar refractivity (Wildman–Crippen MR) is 97.2 cm³/mol. The number of amides is 2. The van der Waals surface area contributed by atoms with Crippen molar-refractivity contribution in [1.29, 1.82) is 0 Å². The molecule has 5 nitrogen and oxygen atoms in total. The first-order valence-electron chi connectivity index (χ1n) is 8.72. The first-order chi connectivity index (χ1) is 12.6. The average Bonchev–Trinajstić information content (AvgIpc) is 2.66. The van der Waals surface area contributed by atoms with Crippen molar-refractivity contribution in [3.05, 3.63) is 71.0 Å². The van der Waals surface area contributed by atoms with E-state index in [1.807, 2.05) is 6.07 Å². The molecule has 0 aliphatic carbocycles. The SMILES string of the molecule is O=C(CNC(=O)c1ccccc1F)NCCN1CCc2ccccc2C1. The molecule has 3 rings (SSSR count). The maximum atomic E-state index is 13.5. The molecule has 0 atom stereocenters. The molecule has 0 saturated heterocycles. The lowest BCUT2D eigenvalue weighted by Gasteiger charge is -2.28. The molecular formula is C20H22FN3O2. The van der Waals surface area contributed by atoms with Crippen LogP contribution in [0.1, 0.15) is 21.5 Å². The van der Waals surface area contributed by atoms with Crippen LogP contribution in [0.5, 0.6) is 0 Å². The second-order valence-corrected chi connectivity index (χ2v) is 6.31. The summed E-state index contributed by atoms with van der Waals surface area (Å²) in [7, 11) is 0. The zero-order valence-corrected chi connectivity index (χ0v) is 14.5. The van der Waals surface area contributed by atoms with E-state index in [2.05, 4.69) is 33.7 Å². The first kappa shape index (κ1) is 18.1. The Morgan fingerprint density at radius 2 is 1.73 bits per heavy atom. The molecule has 2 N–H and O–H groups in total. The highest BCUT2D eigenvalue weighted by molar-refractivity contribution is 5.96. The Morgan fingerprint density at radius 1 is 1.00 bits per heavy atom. The Labute approximate surface area is 152 Å². The standard InChI is InChI=1S/C20H22FN3O2/c21-18-8-4-3-7-17(18)20(26)23-13-19(25)22-10-12-24-11-9-15-5-1-2-6-16(15)14-24/h1-8H,9-14H2,(H,22,25)(H,23,26). The van der Waals surface area contributed by atoms with E-state index >= 15 is 0 Å². The van der Waals surface area contributed by atoms with Crippen LogP contribution in [0.2, 0.25) is 0 Å². The highest BCUT2D eigenvalue weighted by Crippen LogP contribution is 2.17. The average molecular weight is 355 g/mol. The van der Waals surface area contributed by atoms with E-state index in [-0.39, 0.29) is 18.0 Å². The van der Waals surface area contributed by atoms with Gasteiger partial charge in [-0.2, -0.15) is 0 Å². The largest absolute Gasteiger partial charge is 0.353 e. The number of fused-ring (bicyclic) bond motifs is 1. The number of rotatable bonds is 6. The van der Waals surface area contributed by atoms with Crippen molar-refractivity contribution < 1.29 is 14.0 Å². The topological polar surface area (TPSA) is 61.4 Å². The van der Waals surface area contributed by atoms with E-state index in [1.165, 1.54) is 29.3 Å². The van der Waals surface area contributed by atoms with E-state index in [9.17, 15) is 14.0 Å². The third kappa shape index (κ3) is 4.67. The van der Waals surface area contributed by atoms with Crippen LogP contribution in [0.3, 0.4) is 0 Å². The fraction of sp³-hybridized carbons (Fsp3) is 0.300. The molecular weight excluding hydrogens is 333 g/mol. The fourth-order valence-electron chi connectivity index (χ4n) is 3.06. The summed E-state index contributed by atoms with van der Waals surface area (Å²) in [6, 6.07) is 14.1. The maximum absolute atomic E-state index is 13.5. The summed E-state index contributed by atoms with van der Waals surface area (Å²) in [4.78, 5) is 26.0. The molecule has 2 amide bonds. The van der Waals surface area contributed by atoms with E-state index in [0.29, 0.717) is 6.54 Å². The minimum absolute atomic E-state index is 0.0627. The van der Waals surface area contributed by atoms with Crippen molar-refractivity contribution in [2.24, 2.45) is 0 Å². The molecule has 2 aromatic carbocycles. The van der Waals surface area contributed by atoms with Crippen LogP contribution in [0.25, 0.3) is 0 Å². The van der Waals surface area contributed by atoms with Gasteiger partial charge in [-0.05, 0) is 29.7 Å². The molecule has 26 heavy (non-hydrogen) atoms. The highest BCUT2D eigenvalue weighted by Gasteiger charge is 2.16. The van der Waals surface area contributed by atoms with Gasteiger partial charge in [0.15, 0.2) is 0 Å². The molecule has 0 spiro atoms. The number of carbonyl (C=O) groups is 2. The van der Waals surface area contributed by atoms with Gasteiger partial charge >= 0.3 is 0 Å². The van der Waals surface area contributed by atoms with Crippen LogP contribution in [0, 0.1) is 5.82 Å². The van der Waals surface area contributed by atoms with Gasteiger partial charge in [0.05, 0.1) is 12.1 Å². The minimum atomic E-state index is -0.601. The molecule has 2 aromatic rings. The molecule has 0 unspecified atom stereocenters. The molecule has 0 aromatic heterocycles. The molecule has 0 fully saturated rings. The number of nitrogens with zero attached hydrogens (tertiary/aromatic N) is 1. The zero-order chi connectivity index (χ0) is 18.4. The lowest BCUT2D eigenvalue weighted by atomic mass is 10.00. The van der Waals surface area contributed by atoms with E-state index < -0.39 is 11.7 Å². The molecule has 0 radical (unpaired) electrons. The van der Waals surface area contributed by atoms with Gasteiger partial charge in [-0.15, -0.1) is 0 Å². The maximum Gasteiger partial charge on any atom is 0.254 e. The summed E-state index contributed by atoms with van der Waals surface area (Å²) in [5.74, 6) is -1.48. The lowest BCUT2D eigenvalue weighted by molar-refractivity contribution is -0.120. The smallest absolute Gasteiger partial charge is 0.254 e. The van der Waals surface area contributed by atoms with Gasteiger partial charge in [0.1, 0.15) is 5.82 Å². The molecule has 0 saturated carbocycles. The quantitative estimate of drug-likeness (QED) is 0.830. The number of benzene rings is 2. The van der Waals surface area contributed by atoms with Gasteiger partial charge in [-0.3, -0.25) is 14.5 Å². The number of nitrogens with one attached hydrogen (secondary N) is 2. The molecule has 136 valence electrons. The Hall–Kier alpha value is -2.73. The second kappa shape index (κ2) is 8.58. The molecule has 6 heteroatoms. The third-order valence-corrected chi connectivity index (χ3v) is 4.49. The molecule has 1 heterocycles. The van der Waals surface area contributed by atoms with Gasteiger partial charge in [0, 0.05) is 26.2 Å². The number of halogens is 1. The fourth-order valence-corrected chi connectivity index (χ4v) is 3.06. The molecule has 0 bridgehead atoms. The van der Waals surface area contributed by atoms with Crippen LogP contribution in [-0.4, -0.2) is 42.9 Å². The normalized spacial score (nSPS) is 13.7. The van der Waals surface area contributed by atoms with Crippen molar-refractivity contribution in [3.8, 4) is 0 Å². The van der Waals surface area contributed by atoms with Crippen molar-refractivity contribution in [2.45, 2.75) is 13.0 Å². The first-order valence-corrected chi connectivity index (χ1v) is 8.72. The summed E-state index contributed by atoms with van der Waals surface area (Å²) in [5.41, 5.74) is 2.66. The van der Waals surface area contributed by atoms with Crippen LogP contribution in [0.15, 0.2) is 48.5 Å². The summed E-state index contributed by atoms with van der Waals surface area (Å²) in [6.45, 7) is 2.95. The summed E-state index contributed by atoms with van der Waals surface area (Å²) in [5, 5.41) is 5.22. The zero-order valence-electron chi connectivity index (χ0n) is 14.5. The van der Waals surface area contributed by atoms with E-state index in [4.69, 9.17) is 0 Å². The van der Waals surface area contributed by atoms with Crippen molar-refractivity contribution in [3.63, 3.8) is 0 Å². The second-order valence-electron chi connectivity index (χ2n) is 6.31. The van der Waals surface area contributed by atoms with Gasteiger partial charge in [-0.25, -0.2) is 4.39 Å². The van der Waals surface area contributed by atoms with Gasteiger partial charge in [0.2, 0.25) is 5.91 Å². The highest BCUT2D eigenvalue weighted by atomic mass is 19.1. The Morgan fingerprint density at radius 3 is 2.54 bits per heavy atom. The molecule has 1 aliphatic heterocycles. The Bertz CT molecular complexity index is 794. The van der Waals surface area contributed by atoms with E-state index in [0.717, 1.165) is 26.1 Å². The number of carbonyl (C=O) groups excluding carboxylic acids is 2. The van der Waals surface area contributed by atoms with Crippen LogP contribution in [-0.2, 0) is 17.8 Å². The van der Waals surface area contributed by atoms with E-state index in [1.54, 1.807) is 6.07 Å². The van der Waals surface area contributed by atoms with Crippen LogP contribution in [0.4, 0.5) is 4.39 Å².